The first kappa shape index (κ1) is 22.9. The van der Waals surface area contributed by atoms with Gasteiger partial charge in [0.25, 0.3) is 10.0 Å². The Morgan fingerprint density at radius 1 is 1.06 bits per heavy atom. The van der Waals surface area contributed by atoms with Gasteiger partial charge in [-0.25, -0.2) is 8.42 Å². The molecule has 0 radical (unpaired) electrons. The van der Waals surface area contributed by atoms with Crippen LogP contribution in [-0.4, -0.2) is 20.1 Å². The van der Waals surface area contributed by atoms with Gasteiger partial charge in [-0.15, -0.1) is 0 Å². The van der Waals surface area contributed by atoms with Crippen molar-refractivity contribution in [1.82, 2.24) is 5.16 Å². The van der Waals surface area contributed by atoms with E-state index in [4.69, 9.17) is 9.26 Å². The Morgan fingerprint density at radius 3 is 2.42 bits per heavy atom. The molecule has 3 aromatic rings. The Morgan fingerprint density at radius 2 is 1.81 bits per heavy atom. The largest absolute Gasteiger partial charge is 0.489 e. The molecule has 0 fully saturated rings. The van der Waals surface area contributed by atoms with E-state index in [1.165, 1.54) is 4.31 Å². The van der Waals surface area contributed by atoms with Gasteiger partial charge in [0.2, 0.25) is 0 Å². The molecule has 0 amide bonds. The normalized spacial score (nSPS) is 11.7. The number of rotatable bonds is 8. The van der Waals surface area contributed by atoms with Crippen molar-refractivity contribution in [3.8, 4) is 5.75 Å². The van der Waals surface area contributed by atoms with Crippen LogP contribution in [0, 0.1) is 33.6 Å². The van der Waals surface area contributed by atoms with Crippen LogP contribution in [0.3, 0.4) is 0 Å². The first-order valence-corrected chi connectivity index (χ1v) is 11.8. The maximum Gasteiger partial charge on any atom is 0.264 e. The Kier molecular flexibility index (Phi) is 6.74. The average molecular weight is 443 g/mol. The summed E-state index contributed by atoms with van der Waals surface area (Å²) >= 11 is 0. The maximum absolute atomic E-state index is 13.6. The van der Waals surface area contributed by atoms with E-state index in [1.807, 2.05) is 59.7 Å². The lowest BCUT2D eigenvalue weighted by molar-refractivity contribution is 0.301. The molecule has 1 aromatic heterocycles. The van der Waals surface area contributed by atoms with Crippen LogP contribution in [0.4, 0.5) is 5.69 Å². The van der Waals surface area contributed by atoms with Crippen LogP contribution in [0.15, 0.2) is 51.9 Å². The summed E-state index contributed by atoms with van der Waals surface area (Å²) in [4.78, 5) is 0.199. The minimum atomic E-state index is -3.77. The Balaban J connectivity index is 1.94. The van der Waals surface area contributed by atoms with Crippen molar-refractivity contribution in [2.45, 2.75) is 53.0 Å². The number of aryl methyl sites for hydroxylation is 4. The summed E-state index contributed by atoms with van der Waals surface area (Å²) in [5.74, 6) is 1.33. The van der Waals surface area contributed by atoms with E-state index in [0.717, 1.165) is 22.4 Å². The predicted molar refractivity (Wildman–Crippen MR) is 122 cm³/mol. The van der Waals surface area contributed by atoms with Crippen molar-refractivity contribution in [2.75, 3.05) is 10.8 Å². The van der Waals surface area contributed by atoms with Crippen molar-refractivity contribution in [3.05, 3.63) is 70.6 Å². The van der Waals surface area contributed by atoms with Crippen LogP contribution in [0.25, 0.3) is 0 Å². The number of aromatic nitrogens is 1. The molecule has 0 aliphatic carbocycles. The fraction of sp³-hybridized carbons (Fsp3) is 0.375. The smallest absolute Gasteiger partial charge is 0.264 e. The Bertz CT molecular complexity index is 1150. The molecule has 31 heavy (non-hydrogen) atoms. The van der Waals surface area contributed by atoms with Gasteiger partial charge in [-0.05, 0) is 57.4 Å². The van der Waals surface area contributed by atoms with Gasteiger partial charge in [0.05, 0.1) is 21.8 Å². The number of ether oxygens (including phenoxy) is 1. The molecule has 0 saturated carbocycles. The second-order valence-corrected chi connectivity index (χ2v) is 10.1. The van der Waals surface area contributed by atoms with E-state index in [1.54, 1.807) is 24.3 Å². The highest BCUT2D eigenvalue weighted by molar-refractivity contribution is 7.92. The minimum Gasteiger partial charge on any atom is -0.489 e. The lowest BCUT2D eigenvalue weighted by Gasteiger charge is -2.28. The molecule has 0 aliphatic heterocycles. The monoisotopic (exact) mass is 442 g/mol. The van der Waals surface area contributed by atoms with Gasteiger partial charge in [-0.3, -0.25) is 4.31 Å². The van der Waals surface area contributed by atoms with Crippen molar-refractivity contribution < 1.29 is 17.7 Å². The first-order chi connectivity index (χ1) is 14.6. The third kappa shape index (κ3) is 5.10. The number of hydrogen-bond donors (Lipinski definition) is 0. The van der Waals surface area contributed by atoms with Crippen LogP contribution < -0.4 is 9.04 Å². The molecule has 166 valence electrons. The molecule has 2 aromatic carbocycles. The fourth-order valence-electron chi connectivity index (χ4n) is 3.46. The van der Waals surface area contributed by atoms with E-state index in [2.05, 4.69) is 5.16 Å². The van der Waals surface area contributed by atoms with Crippen molar-refractivity contribution >= 4 is 15.7 Å². The SMILES string of the molecule is Cc1ccc(N(CC(C)C)S(=O)(=O)c2cccc(OCc3c(C)noc3C)c2)c(C)c1. The van der Waals surface area contributed by atoms with Gasteiger partial charge in [0.1, 0.15) is 18.1 Å². The second-order valence-electron chi connectivity index (χ2n) is 8.29. The summed E-state index contributed by atoms with van der Waals surface area (Å²) in [6.45, 7) is 12.3. The third-order valence-electron chi connectivity index (χ3n) is 5.11. The highest BCUT2D eigenvalue weighted by atomic mass is 32.2. The first-order valence-electron chi connectivity index (χ1n) is 10.3. The zero-order valence-corrected chi connectivity index (χ0v) is 19.8. The molecule has 0 spiro atoms. The molecule has 0 unspecified atom stereocenters. The van der Waals surface area contributed by atoms with Gasteiger partial charge in [-0.2, -0.15) is 0 Å². The molecule has 7 heteroatoms. The molecule has 0 aliphatic rings. The number of nitrogens with zero attached hydrogens (tertiary/aromatic N) is 2. The lowest BCUT2D eigenvalue weighted by Crippen LogP contribution is -2.34. The third-order valence-corrected chi connectivity index (χ3v) is 6.89. The van der Waals surface area contributed by atoms with Gasteiger partial charge in [0.15, 0.2) is 0 Å². The van der Waals surface area contributed by atoms with Gasteiger partial charge in [0, 0.05) is 12.6 Å². The maximum atomic E-state index is 13.6. The number of benzene rings is 2. The molecular formula is C24H30N2O4S. The van der Waals surface area contributed by atoms with E-state index < -0.39 is 10.0 Å². The van der Waals surface area contributed by atoms with Crippen LogP contribution >= 0.6 is 0 Å². The van der Waals surface area contributed by atoms with Crippen molar-refractivity contribution in [2.24, 2.45) is 5.92 Å². The van der Waals surface area contributed by atoms with E-state index in [9.17, 15) is 8.42 Å². The van der Waals surface area contributed by atoms with Crippen LogP contribution in [0.5, 0.6) is 5.75 Å². The van der Waals surface area contributed by atoms with Crippen LogP contribution in [0.1, 0.15) is 42.0 Å². The summed E-state index contributed by atoms with van der Waals surface area (Å²) in [7, 11) is -3.77. The van der Waals surface area contributed by atoms with Gasteiger partial charge >= 0.3 is 0 Å². The molecule has 0 N–H and O–H groups in total. The van der Waals surface area contributed by atoms with Gasteiger partial charge < -0.3 is 9.26 Å². The van der Waals surface area contributed by atoms with Crippen LogP contribution in [-0.2, 0) is 16.6 Å². The van der Waals surface area contributed by atoms with E-state index in [0.29, 0.717) is 23.7 Å². The molecular weight excluding hydrogens is 412 g/mol. The zero-order valence-electron chi connectivity index (χ0n) is 19.0. The summed E-state index contributed by atoms with van der Waals surface area (Å²) in [5, 5.41) is 3.93. The highest BCUT2D eigenvalue weighted by Crippen LogP contribution is 2.30. The Hall–Kier alpha value is -2.80. The second kappa shape index (κ2) is 9.14. The molecule has 1 heterocycles. The predicted octanol–water partition coefficient (Wildman–Crippen LogP) is 5.34. The topological polar surface area (TPSA) is 72.6 Å². The zero-order chi connectivity index (χ0) is 22.8. The average Bonchev–Trinajstić information content (AvgIpc) is 3.02. The minimum absolute atomic E-state index is 0.162. The number of hydrogen-bond acceptors (Lipinski definition) is 5. The molecule has 0 saturated heterocycles. The van der Waals surface area contributed by atoms with Gasteiger partial charge in [-0.1, -0.05) is 42.8 Å². The standard InChI is InChI=1S/C24H30N2O4S/c1-16(2)14-26(24-11-10-17(3)12-18(24)4)31(27,28)22-9-7-8-21(13-22)29-15-23-19(5)25-30-20(23)6/h7-13,16H,14-15H2,1-6H3. The summed E-state index contributed by atoms with van der Waals surface area (Å²) < 4.78 is 39.8. The number of anilines is 1. The van der Waals surface area contributed by atoms with Crippen molar-refractivity contribution in [3.63, 3.8) is 0 Å². The molecule has 0 atom stereocenters. The van der Waals surface area contributed by atoms with E-state index in [-0.39, 0.29) is 17.4 Å². The molecule has 3 rings (SSSR count). The van der Waals surface area contributed by atoms with Crippen LogP contribution in [0.2, 0.25) is 0 Å². The number of sulfonamides is 1. The molecule has 0 bridgehead atoms. The summed E-state index contributed by atoms with van der Waals surface area (Å²) in [5.41, 5.74) is 4.35. The van der Waals surface area contributed by atoms with E-state index >= 15 is 0 Å². The summed E-state index contributed by atoms with van der Waals surface area (Å²) in [6.07, 6.45) is 0. The fourth-order valence-corrected chi connectivity index (χ4v) is 5.19. The Labute approximate surface area is 184 Å². The summed E-state index contributed by atoms with van der Waals surface area (Å²) in [6, 6.07) is 12.4. The van der Waals surface area contributed by atoms with Crippen molar-refractivity contribution in [1.29, 1.82) is 0 Å². The highest BCUT2D eigenvalue weighted by Gasteiger charge is 2.27. The molecule has 6 nitrogen and oxygen atoms in total. The quantitative estimate of drug-likeness (QED) is 0.471. The lowest BCUT2D eigenvalue weighted by atomic mass is 10.1.